The summed E-state index contributed by atoms with van der Waals surface area (Å²) in [5.74, 6) is -0.960. The first-order valence-electron chi connectivity index (χ1n) is 5.48. The summed E-state index contributed by atoms with van der Waals surface area (Å²) in [5.41, 5.74) is 0.702. The molecule has 19 heavy (non-hydrogen) atoms. The van der Waals surface area contributed by atoms with Gasteiger partial charge in [0.1, 0.15) is 0 Å². The molecule has 0 atom stereocenters. The molecule has 0 aromatic heterocycles. The molecule has 0 aliphatic rings. The van der Waals surface area contributed by atoms with Crippen LogP contribution in [-0.4, -0.2) is 32.7 Å². The van der Waals surface area contributed by atoms with Crippen LogP contribution in [0.4, 0.5) is 5.69 Å². The molecule has 0 bridgehead atoms. The van der Waals surface area contributed by atoms with E-state index < -0.39 is 11.9 Å². The van der Waals surface area contributed by atoms with Crippen molar-refractivity contribution in [3.05, 3.63) is 34.7 Å². The molecule has 1 aromatic rings. The Morgan fingerprint density at radius 3 is 2.58 bits per heavy atom. The van der Waals surface area contributed by atoms with E-state index >= 15 is 0 Å². The number of nitroso groups, excluding NO2 is 1. The van der Waals surface area contributed by atoms with Gasteiger partial charge in [-0.05, 0) is 18.2 Å². The predicted octanol–water partition coefficient (Wildman–Crippen LogP) is 1.52. The SMILES string of the molecule is COC(=O)CCN(N=O)c1cccc(C(=O)OC)c1. The first kappa shape index (κ1) is 14.6. The molecule has 102 valence electrons. The summed E-state index contributed by atoms with van der Waals surface area (Å²) in [7, 11) is 2.53. The van der Waals surface area contributed by atoms with Gasteiger partial charge in [0, 0.05) is 0 Å². The van der Waals surface area contributed by atoms with Crippen molar-refractivity contribution in [3.8, 4) is 0 Å². The Balaban J connectivity index is 2.83. The summed E-state index contributed by atoms with van der Waals surface area (Å²) < 4.78 is 9.06. The number of esters is 2. The average molecular weight is 266 g/mol. The fourth-order valence-corrected chi connectivity index (χ4v) is 1.43. The van der Waals surface area contributed by atoms with E-state index in [2.05, 4.69) is 14.8 Å². The molecular weight excluding hydrogens is 252 g/mol. The van der Waals surface area contributed by atoms with Gasteiger partial charge < -0.3 is 9.47 Å². The largest absolute Gasteiger partial charge is 0.469 e. The highest BCUT2D eigenvalue weighted by atomic mass is 16.5. The van der Waals surface area contributed by atoms with Gasteiger partial charge in [-0.3, -0.25) is 4.79 Å². The van der Waals surface area contributed by atoms with Crippen LogP contribution in [0.15, 0.2) is 29.6 Å². The van der Waals surface area contributed by atoms with Crippen molar-refractivity contribution in [2.75, 3.05) is 25.8 Å². The molecule has 7 nitrogen and oxygen atoms in total. The van der Waals surface area contributed by atoms with Gasteiger partial charge in [0.15, 0.2) is 0 Å². The number of nitrogens with zero attached hydrogens (tertiary/aromatic N) is 2. The fourth-order valence-electron chi connectivity index (χ4n) is 1.43. The number of rotatable bonds is 6. The van der Waals surface area contributed by atoms with Crippen molar-refractivity contribution in [1.82, 2.24) is 0 Å². The first-order valence-corrected chi connectivity index (χ1v) is 5.48. The maximum absolute atomic E-state index is 11.4. The van der Waals surface area contributed by atoms with E-state index in [4.69, 9.17) is 0 Å². The summed E-state index contributed by atoms with van der Waals surface area (Å²) in [5, 5.41) is 3.89. The zero-order valence-corrected chi connectivity index (χ0v) is 10.7. The van der Waals surface area contributed by atoms with Crippen molar-refractivity contribution in [2.45, 2.75) is 6.42 Å². The molecule has 0 heterocycles. The van der Waals surface area contributed by atoms with E-state index in [-0.39, 0.29) is 13.0 Å². The summed E-state index contributed by atoms with van der Waals surface area (Å²) in [6, 6.07) is 6.21. The highest BCUT2D eigenvalue weighted by Crippen LogP contribution is 2.17. The Kier molecular flexibility index (Phi) is 5.46. The summed E-state index contributed by atoms with van der Waals surface area (Å²) in [6.07, 6.45) is 0.0185. The second-order valence-electron chi connectivity index (χ2n) is 3.57. The van der Waals surface area contributed by atoms with E-state index in [9.17, 15) is 14.5 Å². The van der Waals surface area contributed by atoms with Crippen LogP contribution >= 0.6 is 0 Å². The fraction of sp³-hybridized carbons (Fsp3) is 0.333. The number of carbonyl (C=O) groups excluding carboxylic acids is 2. The third-order valence-electron chi connectivity index (χ3n) is 2.42. The van der Waals surface area contributed by atoms with Crippen LogP contribution in [0, 0.1) is 4.91 Å². The Morgan fingerprint density at radius 1 is 1.26 bits per heavy atom. The van der Waals surface area contributed by atoms with Gasteiger partial charge in [-0.15, -0.1) is 4.91 Å². The summed E-state index contributed by atoms with van der Waals surface area (Å²) >= 11 is 0. The molecule has 0 N–H and O–H groups in total. The van der Waals surface area contributed by atoms with E-state index in [1.54, 1.807) is 18.2 Å². The number of hydrogen-bond acceptors (Lipinski definition) is 6. The lowest BCUT2D eigenvalue weighted by molar-refractivity contribution is -0.140. The number of ether oxygens (including phenoxy) is 2. The van der Waals surface area contributed by atoms with Crippen molar-refractivity contribution < 1.29 is 19.1 Å². The monoisotopic (exact) mass is 266 g/mol. The molecule has 7 heteroatoms. The summed E-state index contributed by atoms with van der Waals surface area (Å²) in [6.45, 7) is 0.0702. The molecule has 0 spiro atoms. The summed E-state index contributed by atoms with van der Waals surface area (Å²) in [4.78, 5) is 33.1. The molecule has 0 saturated heterocycles. The minimum atomic E-state index is -0.513. The lowest BCUT2D eigenvalue weighted by atomic mass is 10.2. The van der Waals surface area contributed by atoms with Crippen LogP contribution in [0.2, 0.25) is 0 Å². The highest BCUT2D eigenvalue weighted by Gasteiger charge is 2.12. The zero-order chi connectivity index (χ0) is 14.3. The third kappa shape index (κ3) is 4.06. The number of hydrogen-bond donors (Lipinski definition) is 0. The quantitative estimate of drug-likeness (QED) is 0.441. The Bertz CT molecular complexity index is 475. The molecule has 0 aliphatic heterocycles. The lowest BCUT2D eigenvalue weighted by Gasteiger charge is -2.15. The van der Waals surface area contributed by atoms with Crippen LogP contribution < -0.4 is 5.01 Å². The van der Waals surface area contributed by atoms with Crippen LogP contribution in [0.3, 0.4) is 0 Å². The number of benzene rings is 1. The first-order chi connectivity index (χ1) is 9.12. The molecule has 1 rings (SSSR count). The second kappa shape index (κ2) is 7.10. The van der Waals surface area contributed by atoms with E-state index in [1.807, 2.05) is 0 Å². The average Bonchev–Trinajstić information content (AvgIpc) is 2.47. The van der Waals surface area contributed by atoms with E-state index in [0.29, 0.717) is 11.3 Å². The van der Waals surface area contributed by atoms with Crippen LogP contribution in [-0.2, 0) is 14.3 Å². The van der Waals surface area contributed by atoms with E-state index in [0.717, 1.165) is 5.01 Å². The smallest absolute Gasteiger partial charge is 0.337 e. The van der Waals surface area contributed by atoms with E-state index in [1.165, 1.54) is 20.3 Å². The van der Waals surface area contributed by atoms with Gasteiger partial charge in [-0.2, -0.15) is 0 Å². The second-order valence-corrected chi connectivity index (χ2v) is 3.57. The molecule has 0 fully saturated rings. The lowest BCUT2D eigenvalue weighted by Crippen LogP contribution is -2.20. The minimum Gasteiger partial charge on any atom is -0.469 e. The molecule has 0 amide bonds. The topological polar surface area (TPSA) is 85.3 Å². The normalized spacial score (nSPS) is 9.58. The number of methoxy groups -OCH3 is 2. The Morgan fingerprint density at radius 2 is 2.00 bits per heavy atom. The molecule has 1 aromatic carbocycles. The van der Waals surface area contributed by atoms with Gasteiger partial charge in [-0.1, -0.05) is 6.07 Å². The predicted molar refractivity (Wildman–Crippen MR) is 67.6 cm³/mol. The minimum absolute atomic E-state index is 0.0185. The molecule has 0 radical (unpaired) electrons. The molecule has 0 saturated carbocycles. The Hall–Kier alpha value is -2.44. The molecule has 0 unspecified atom stereocenters. The van der Waals surface area contributed by atoms with Crippen LogP contribution in [0.25, 0.3) is 0 Å². The molecule has 0 aliphatic carbocycles. The maximum Gasteiger partial charge on any atom is 0.337 e. The van der Waals surface area contributed by atoms with Gasteiger partial charge in [-0.25, -0.2) is 9.80 Å². The van der Waals surface area contributed by atoms with Gasteiger partial charge in [0.2, 0.25) is 0 Å². The highest BCUT2D eigenvalue weighted by molar-refractivity contribution is 5.90. The Labute approximate surface area is 110 Å². The van der Waals surface area contributed by atoms with Gasteiger partial charge in [0.05, 0.1) is 43.7 Å². The zero-order valence-electron chi connectivity index (χ0n) is 10.7. The van der Waals surface area contributed by atoms with Gasteiger partial charge in [0.25, 0.3) is 0 Å². The van der Waals surface area contributed by atoms with Crippen molar-refractivity contribution in [1.29, 1.82) is 0 Å². The third-order valence-corrected chi connectivity index (χ3v) is 2.42. The van der Waals surface area contributed by atoms with Crippen LogP contribution in [0.5, 0.6) is 0 Å². The number of carbonyl (C=O) groups is 2. The molecular formula is C12H14N2O5. The van der Waals surface area contributed by atoms with Gasteiger partial charge >= 0.3 is 11.9 Å². The van der Waals surface area contributed by atoms with Crippen molar-refractivity contribution >= 4 is 17.6 Å². The maximum atomic E-state index is 11.4. The van der Waals surface area contributed by atoms with Crippen molar-refractivity contribution in [2.24, 2.45) is 5.29 Å². The number of anilines is 1. The van der Waals surface area contributed by atoms with Crippen molar-refractivity contribution in [3.63, 3.8) is 0 Å². The standard InChI is InChI=1S/C12H14N2O5/c1-18-11(15)6-7-14(13-17)10-5-3-4-9(8-10)12(16)19-2/h3-5,8H,6-7H2,1-2H3. The van der Waals surface area contributed by atoms with Crippen LogP contribution in [0.1, 0.15) is 16.8 Å².